The largest absolute Gasteiger partial charge is 0.507 e. The number of Topliss-reactive ketones (excluding diaryl/α,β-unsaturated/α-hetero) is 1. The van der Waals surface area contributed by atoms with Gasteiger partial charge in [0.25, 0.3) is 5.78 Å². The average Bonchev–Trinajstić information content (AvgIpc) is 3.37. The van der Waals surface area contributed by atoms with E-state index in [-0.39, 0.29) is 22.0 Å². The molecule has 1 aliphatic heterocycles. The highest BCUT2D eigenvalue weighted by atomic mass is 32.1. The standard InChI is InChI=1S/C26H19FN2O4S/c1-2-33-16-12-13-19-20(14-16)34-26(28-19)29-22(17-10-6-7-11-18(17)27)21(24(31)25(29)32)23(30)15-8-4-3-5-9-15/h3-14,22,30H,2H2,1H3. The van der Waals surface area contributed by atoms with Crippen molar-refractivity contribution in [2.24, 2.45) is 0 Å². The van der Waals surface area contributed by atoms with Crippen LogP contribution in [0, 0.1) is 5.82 Å². The number of rotatable bonds is 5. The zero-order chi connectivity index (χ0) is 23.8. The molecule has 1 saturated heterocycles. The number of hydrogen-bond acceptors (Lipinski definition) is 6. The summed E-state index contributed by atoms with van der Waals surface area (Å²) in [4.78, 5) is 32.1. The van der Waals surface area contributed by atoms with E-state index in [0.29, 0.717) is 23.4 Å². The molecular formula is C26H19FN2O4S. The van der Waals surface area contributed by atoms with Crippen LogP contribution in [-0.4, -0.2) is 28.4 Å². The normalized spacial score (nSPS) is 17.5. The van der Waals surface area contributed by atoms with Gasteiger partial charge in [-0.2, -0.15) is 0 Å². The van der Waals surface area contributed by atoms with Crippen molar-refractivity contribution in [1.82, 2.24) is 4.98 Å². The lowest BCUT2D eigenvalue weighted by Crippen LogP contribution is -2.29. The molecule has 0 radical (unpaired) electrons. The maximum atomic E-state index is 15.0. The lowest BCUT2D eigenvalue weighted by atomic mass is 9.95. The van der Waals surface area contributed by atoms with Crippen molar-refractivity contribution in [1.29, 1.82) is 0 Å². The Morgan fingerprint density at radius 2 is 1.82 bits per heavy atom. The summed E-state index contributed by atoms with van der Waals surface area (Å²) in [5.41, 5.74) is 0.872. The molecule has 0 bridgehead atoms. The van der Waals surface area contributed by atoms with Crippen LogP contribution in [0.15, 0.2) is 78.4 Å². The third-order valence-corrected chi connectivity index (χ3v) is 6.57. The molecule has 170 valence electrons. The predicted molar refractivity (Wildman–Crippen MR) is 128 cm³/mol. The smallest absolute Gasteiger partial charge is 0.301 e. The van der Waals surface area contributed by atoms with E-state index in [4.69, 9.17) is 4.74 Å². The van der Waals surface area contributed by atoms with Gasteiger partial charge in [-0.05, 0) is 31.2 Å². The summed E-state index contributed by atoms with van der Waals surface area (Å²) in [6, 6.07) is 18.5. The third-order valence-electron chi connectivity index (χ3n) is 5.56. The molecule has 0 aliphatic carbocycles. The Labute approximate surface area is 198 Å². The monoisotopic (exact) mass is 474 g/mol. The number of ketones is 1. The number of carbonyl (C=O) groups excluding carboxylic acids is 2. The van der Waals surface area contributed by atoms with Crippen LogP contribution in [0.25, 0.3) is 16.0 Å². The summed E-state index contributed by atoms with van der Waals surface area (Å²) in [7, 11) is 0. The number of hydrogen-bond donors (Lipinski definition) is 1. The molecule has 4 aromatic rings. The van der Waals surface area contributed by atoms with E-state index >= 15 is 0 Å². The van der Waals surface area contributed by atoms with E-state index in [9.17, 15) is 19.1 Å². The van der Waals surface area contributed by atoms with Gasteiger partial charge in [0.1, 0.15) is 23.4 Å². The van der Waals surface area contributed by atoms with Crippen molar-refractivity contribution in [3.63, 3.8) is 0 Å². The highest BCUT2D eigenvalue weighted by Gasteiger charge is 2.49. The zero-order valence-corrected chi connectivity index (χ0v) is 18.9. The van der Waals surface area contributed by atoms with Gasteiger partial charge in [0.05, 0.1) is 22.4 Å². The van der Waals surface area contributed by atoms with Gasteiger partial charge in [-0.3, -0.25) is 14.5 Å². The van der Waals surface area contributed by atoms with E-state index in [1.165, 1.54) is 34.4 Å². The van der Waals surface area contributed by atoms with Gasteiger partial charge in [-0.25, -0.2) is 9.37 Å². The second-order valence-corrected chi connectivity index (χ2v) is 8.62. The molecular weight excluding hydrogens is 455 g/mol. The van der Waals surface area contributed by atoms with Crippen LogP contribution in [0.4, 0.5) is 9.52 Å². The lowest BCUT2D eigenvalue weighted by Gasteiger charge is -2.23. The second kappa shape index (κ2) is 8.72. The van der Waals surface area contributed by atoms with Crippen LogP contribution >= 0.6 is 11.3 Å². The molecule has 1 amide bonds. The van der Waals surface area contributed by atoms with E-state index in [2.05, 4.69) is 4.98 Å². The Morgan fingerprint density at radius 3 is 2.56 bits per heavy atom. The van der Waals surface area contributed by atoms with Gasteiger partial charge in [-0.15, -0.1) is 0 Å². The molecule has 1 unspecified atom stereocenters. The Morgan fingerprint density at radius 1 is 1.09 bits per heavy atom. The quantitative estimate of drug-likeness (QED) is 0.236. The van der Waals surface area contributed by atoms with Crippen molar-refractivity contribution in [3.05, 3.63) is 95.3 Å². The lowest BCUT2D eigenvalue weighted by molar-refractivity contribution is -0.132. The van der Waals surface area contributed by atoms with Crippen LogP contribution in [0.3, 0.4) is 0 Å². The number of anilines is 1. The molecule has 3 aromatic carbocycles. The number of benzene rings is 3. The van der Waals surface area contributed by atoms with Crippen molar-refractivity contribution < 1.29 is 23.8 Å². The van der Waals surface area contributed by atoms with E-state index in [1.807, 2.05) is 6.92 Å². The summed E-state index contributed by atoms with van der Waals surface area (Å²) in [6.45, 7) is 2.38. The highest BCUT2D eigenvalue weighted by Crippen LogP contribution is 2.45. The van der Waals surface area contributed by atoms with E-state index < -0.39 is 23.5 Å². The number of fused-ring (bicyclic) bond motifs is 1. The van der Waals surface area contributed by atoms with Crippen molar-refractivity contribution in [2.45, 2.75) is 13.0 Å². The summed E-state index contributed by atoms with van der Waals surface area (Å²) in [6.07, 6.45) is 0. The molecule has 1 fully saturated rings. The topological polar surface area (TPSA) is 79.7 Å². The van der Waals surface area contributed by atoms with Gasteiger partial charge in [-0.1, -0.05) is 59.9 Å². The first-order valence-corrected chi connectivity index (χ1v) is 11.5. The third kappa shape index (κ3) is 3.62. The first-order valence-electron chi connectivity index (χ1n) is 10.6. The first kappa shape index (κ1) is 21.8. The molecule has 2 heterocycles. The van der Waals surface area contributed by atoms with Crippen LogP contribution in [0.5, 0.6) is 5.75 Å². The number of nitrogens with zero attached hydrogens (tertiary/aromatic N) is 2. The fourth-order valence-electron chi connectivity index (χ4n) is 4.02. The Bertz CT molecular complexity index is 1450. The molecule has 1 aromatic heterocycles. The van der Waals surface area contributed by atoms with Gasteiger partial charge in [0, 0.05) is 11.1 Å². The number of amides is 1. The zero-order valence-electron chi connectivity index (χ0n) is 18.1. The van der Waals surface area contributed by atoms with Crippen LogP contribution in [0.2, 0.25) is 0 Å². The number of carbonyl (C=O) groups is 2. The number of aliphatic hydroxyl groups is 1. The van der Waals surface area contributed by atoms with Crippen LogP contribution in [-0.2, 0) is 9.59 Å². The summed E-state index contributed by atoms with van der Waals surface area (Å²) >= 11 is 1.19. The van der Waals surface area contributed by atoms with E-state index in [1.54, 1.807) is 54.6 Å². The van der Waals surface area contributed by atoms with Gasteiger partial charge < -0.3 is 9.84 Å². The maximum absolute atomic E-state index is 15.0. The fraction of sp³-hybridized carbons (Fsp3) is 0.115. The maximum Gasteiger partial charge on any atom is 0.301 e. The Balaban J connectivity index is 1.71. The molecule has 8 heteroatoms. The number of aromatic nitrogens is 1. The van der Waals surface area contributed by atoms with Crippen LogP contribution < -0.4 is 9.64 Å². The van der Waals surface area contributed by atoms with Crippen molar-refractivity contribution >= 4 is 44.1 Å². The Hall–Kier alpha value is -4.04. The van der Waals surface area contributed by atoms with Crippen LogP contribution in [0.1, 0.15) is 24.1 Å². The van der Waals surface area contributed by atoms with Gasteiger partial charge >= 0.3 is 5.91 Å². The van der Waals surface area contributed by atoms with E-state index in [0.717, 1.165) is 4.70 Å². The molecule has 1 atom stereocenters. The molecule has 1 N–H and O–H groups in total. The summed E-state index contributed by atoms with van der Waals surface area (Å²) < 4.78 is 21.3. The minimum absolute atomic E-state index is 0.0912. The minimum Gasteiger partial charge on any atom is -0.507 e. The molecule has 34 heavy (non-hydrogen) atoms. The van der Waals surface area contributed by atoms with Gasteiger partial charge in [0.15, 0.2) is 5.13 Å². The molecule has 0 spiro atoms. The average molecular weight is 475 g/mol. The van der Waals surface area contributed by atoms with Gasteiger partial charge in [0.2, 0.25) is 0 Å². The highest BCUT2D eigenvalue weighted by molar-refractivity contribution is 7.22. The predicted octanol–water partition coefficient (Wildman–Crippen LogP) is 5.46. The molecule has 5 rings (SSSR count). The van der Waals surface area contributed by atoms with Crippen molar-refractivity contribution in [2.75, 3.05) is 11.5 Å². The van der Waals surface area contributed by atoms with Crippen molar-refractivity contribution in [3.8, 4) is 5.75 Å². The SMILES string of the molecule is CCOc1ccc2nc(N3C(=O)C(=O)C(=C(O)c4ccccc4)C3c3ccccc3F)sc2c1. The summed E-state index contributed by atoms with van der Waals surface area (Å²) in [5, 5.41) is 11.3. The molecule has 1 aliphatic rings. The first-order chi connectivity index (χ1) is 16.5. The summed E-state index contributed by atoms with van der Waals surface area (Å²) in [5.74, 6) is -2.09. The minimum atomic E-state index is -1.17. The number of ether oxygens (including phenoxy) is 1. The number of thiazole rings is 1. The second-order valence-electron chi connectivity index (χ2n) is 7.62. The number of aliphatic hydroxyl groups excluding tert-OH is 1. The Kier molecular flexibility index (Phi) is 5.59. The number of halogens is 1. The molecule has 6 nitrogen and oxygen atoms in total. The fourth-order valence-corrected chi connectivity index (χ4v) is 5.05. The molecule has 0 saturated carbocycles.